The number of anilines is 2. The minimum absolute atomic E-state index is 0.00224. The van der Waals surface area contributed by atoms with Gasteiger partial charge in [0.25, 0.3) is 0 Å². The smallest absolute Gasteiger partial charge is 0.412 e. The van der Waals surface area contributed by atoms with Crippen LogP contribution >= 0.6 is 11.6 Å². The molecule has 6 N–H and O–H groups in total. The highest BCUT2D eigenvalue weighted by Gasteiger charge is 2.64. The van der Waals surface area contributed by atoms with E-state index in [9.17, 15) is 43.5 Å². The van der Waals surface area contributed by atoms with Crippen LogP contribution in [0.15, 0.2) is 54.1 Å². The predicted octanol–water partition coefficient (Wildman–Crippen LogP) is 7.81. The summed E-state index contributed by atoms with van der Waals surface area (Å²) >= 11 is 6.85. The molecular weight excluding hydrogens is 1090 g/mol. The van der Waals surface area contributed by atoms with E-state index in [1.165, 1.54) is 38.4 Å². The van der Waals surface area contributed by atoms with Gasteiger partial charge in [-0.1, -0.05) is 68.7 Å². The molecule has 0 spiro atoms. The first-order chi connectivity index (χ1) is 39.4. The summed E-state index contributed by atoms with van der Waals surface area (Å²) in [5.74, 6) is -3.23. The number of ketones is 2. The number of benzene rings is 2. The van der Waals surface area contributed by atoms with Crippen molar-refractivity contribution in [3.63, 3.8) is 0 Å². The third-order valence-corrected chi connectivity index (χ3v) is 16.8. The van der Waals surface area contributed by atoms with Crippen LogP contribution in [0.25, 0.3) is 0 Å². The van der Waals surface area contributed by atoms with Crippen LogP contribution in [0.3, 0.4) is 0 Å². The van der Waals surface area contributed by atoms with Gasteiger partial charge >= 0.3 is 24.1 Å². The van der Waals surface area contributed by atoms with E-state index >= 15 is 0 Å². The summed E-state index contributed by atoms with van der Waals surface area (Å²) in [6.45, 7) is 9.51. The van der Waals surface area contributed by atoms with Crippen molar-refractivity contribution < 1.29 is 76.6 Å². The molecule has 21 nitrogen and oxygen atoms in total. The van der Waals surface area contributed by atoms with Gasteiger partial charge in [0.2, 0.25) is 11.8 Å². The summed E-state index contributed by atoms with van der Waals surface area (Å²) in [6.07, 6.45) is 5.42. The Bertz CT molecular complexity index is 2750. The highest BCUT2D eigenvalue weighted by Crippen LogP contribution is 2.50. The fourth-order valence-corrected chi connectivity index (χ4v) is 11.4. The number of urea groups is 1. The average Bonchev–Trinajstić information content (AvgIpc) is 1.89. The Hall–Kier alpha value is -6.55. The zero-order valence-corrected chi connectivity index (χ0v) is 50.1. The number of halogens is 1. The van der Waals surface area contributed by atoms with E-state index in [1.807, 2.05) is 26.8 Å². The maximum Gasteiger partial charge on any atom is 0.412 e. The number of unbranched alkanes of at least 4 members (excludes halogenated alkanes) is 2. The van der Waals surface area contributed by atoms with Gasteiger partial charge < -0.3 is 59.5 Å². The van der Waals surface area contributed by atoms with Gasteiger partial charge in [0.05, 0.1) is 57.4 Å². The molecule has 5 amide bonds. The second-order valence-corrected chi connectivity index (χ2v) is 23.4. The quantitative estimate of drug-likeness (QED) is 0.0290. The normalized spacial score (nSPS) is 25.4. The molecule has 2 aromatic carbocycles. The minimum atomic E-state index is -1.65. The van der Waals surface area contributed by atoms with Crippen molar-refractivity contribution >= 4 is 70.4 Å². The Kier molecular flexibility index (Phi) is 23.6. The second kappa shape index (κ2) is 29.8. The number of carbonyl (C=O) groups excluding carboxylic acids is 8. The number of methoxy groups -OCH3 is 3. The molecule has 0 unspecified atom stereocenters. The summed E-state index contributed by atoms with van der Waals surface area (Å²) in [7, 11) is 5.86. The number of amides is 5. The number of hydrogen-bond donors (Lipinski definition) is 5. The molecule has 22 heteroatoms. The van der Waals surface area contributed by atoms with E-state index in [2.05, 4.69) is 16.0 Å². The monoisotopic (exact) mass is 1180 g/mol. The van der Waals surface area contributed by atoms with Crippen LogP contribution in [-0.2, 0) is 65.3 Å². The molecule has 3 heterocycles. The van der Waals surface area contributed by atoms with Crippen molar-refractivity contribution in [3.8, 4) is 11.5 Å². The van der Waals surface area contributed by atoms with Gasteiger partial charge in [-0.15, -0.1) is 0 Å². The van der Waals surface area contributed by atoms with Gasteiger partial charge in [0.1, 0.15) is 51.8 Å². The Morgan fingerprint density at radius 1 is 0.988 bits per heavy atom. The Labute approximate surface area is 491 Å². The Morgan fingerprint density at radius 3 is 2.39 bits per heavy atom. The molecule has 9 atom stereocenters. The molecule has 0 radical (unpaired) electrons. The molecule has 83 heavy (non-hydrogen) atoms. The third kappa shape index (κ3) is 17.7. The van der Waals surface area contributed by atoms with Crippen LogP contribution in [0.4, 0.5) is 21.0 Å². The van der Waals surface area contributed by atoms with Gasteiger partial charge in [0, 0.05) is 75.5 Å². The number of ether oxygens (including phenoxy) is 7. The van der Waals surface area contributed by atoms with Crippen LogP contribution in [0.1, 0.15) is 129 Å². The number of nitrogens with one attached hydrogen (secondary N) is 3. The van der Waals surface area contributed by atoms with Gasteiger partial charge in [0.15, 0.2) is 5.78 Å². The fourth-order valence-electron chi connectivity index (χ4n) is 11.0. The summed E-state index contributed by atoms with van der Waals surface area (Å²) in [4.78, 5) is 108. The Morgan fingerprint density at radius 2 is 1.72 bits per heavy atom. The minimum Gasteiger partial charge on any atom is -0.496 e. The molecule has 4 bridgehead atoms. The lowest BCUT2D eigenvalue weighted by atomic mass is 9.78. The van der Waals surface area contributed by atoms with E-state index < -0.39 is 89.8 Å². The average molecular weight is 1180 g/mol. The van der Waals surface area contributed by atoms with Crippen molar-refractivity contribution in [1.82, 2.24) is 10.6 Å². The molecule has 1 saturated carbocycles. The van der Waals surface area contributed by atoms with Crippen LogP contribution in [0.2, 0.25) is 5.02 Å². The number of rotatable bonds is 24. The number of carbonyl (C=O) groups is 8. The lowest BCUT2D eigenvalue weighted by molar-refractivity contribution is -0.187. The zero-order chi connectivity index (χ0) is 60.8. The standard InChI is InChI=1S/C61H84ClN5O16/c1-35(2)43(31-42(68)19-11-10-12-25-80-57(73)39-17-14-18-39)56(72)66-44(20-15-24-64-58(63)74)46(69)29-40-22-23-41(30-47(40)77-7)65-59(75)82-51-32-52(70)67(6)45-27-38(28-48(78-8)54(45)62)26-36(3)16-13-21-50(79-9)61(76)33-49(81-53(71)34-61)37(4)55-60(51,5)83-55/h13,16,21-23,27-28,30,35,37,39,43-44,49-51,55,76H,10-12,14-15,17-20,24-26,29,31-34H2,1-9H3,(H,65,75)(H,66,72)(H3,63,64,74)/b21-13+,36-16+/t37-,43+,44+,49+,50-,51+,55+,60+,61-/m1/s1. The second-order valence-electron chi connectivity index (χ2n) is 23.0. The van der Waals surface area contributed by atoms with E-state index in [4.69, 9.17) is 50.5 Å². The van der Waals surface area contributed by atoms with Crippen molar-refractivity contribution in [2.24, 2.45) is 29.4 Å². The number of aliphatic hydroxyl groups is 1. The summed E-state index contributed by atoms with van der Waals surface area (Å²) in [6, 6.07) is 6.37. The third-order valence-electron chi connectivity index (χ3n) is 16.4. The van der Waals surface area contributed by atoms with Gasteiger partial charge in [-0.2, -0.15) is 0 Å². The molecule has 4 aliphatic rings. The zero-order valence-electron chi connectivity index (χ0n) is 49.3. The summed E-state index contributed by atoms with van der Waals surface area (Å²) < 4.78 is 40.8. The first kappa shape index (κ1) is 65.6. The molecular formula is C61H84ClN5O16. The number of nitrogens with zero attached hydrogens (tertiary/aromatic N) is 1. The van der Waals surface area contributed by atoms with Gasteiger partial charge in [-0.05, 0) is 94.9 Å². The lowest BCUT2D eigenvalue weighted by Crippen LogP contribution is -2.53. The van der Waals surface area contributed by atoms with Crippen molar-refractivity contribution in [3.05, 3.63) is 70.3 Å². The molecule has 3 fully saturated rings. The lowest BCUT2D eigenvalue weighted by Gasteiger charge is -2.41. The SMILES string of the molecule is COc1cc(NC(=O)O[C@H]2CC(=O)N(C)c3cc(cc(OC)c3Cl)C/C(C)=C/C=C/[C@@H](OC)[C@]3(O)CC(=O)O[C@@H](C3)[C@@H](C)[C@@H]3O[C@@]23C)ccc1CC(=O)[C@H](CCCNC(N)=O)NC(=O)[C@@H](CC(=O)CCCCCOC(=O)C1CCC1)C(C)C. The van der Waals surface area contributed by atoms with Crippen molar-refractivity contribution in [2.75, 3.05) is 51.7 Å². The van der Waals surface area contributed by atoms with E-state index in [1.54, 1.807) is 51.2 Å². The van der Waals surface area contributed by atoms with Gasteiger partial charge in [-0.3, -0.25) is 34.1 Å². The highest BCUT2D eigenvalue weighted by atomic mass is 35.5. The van der Waals surface area contributed by atoms with Crippen molar-refractivity contribution in [1.29, 1.82) is 0 Å². The van der Waals surface area contributed by atoms with E-state index in [0.29, 0.717) is 49.3 Å². The molecule has 1 aliphatic carbocycles. The summed E-state index contributed by atoms with van der Waals surface area (Å²) in [5, 5.41) is 20.3. The number of fused-ring (bicyclic) bond motifs is 5. The van der Waals surface area contributed by atoms with E-state index in [0.717, 1.165) is 30.4 Å². The topological polar surface area (TPSA) is 290 Å². The van der Waals surface area contributed by atoms with Crippen LogP contribution < -0.4 is 36.1 Å². The molecule has 0 aromatic heterocycles. The first-order valence-electron chi connectivity index (χ1n) is 28.7. The first-order valence-corrected chi connectivity index (χ1v) is 29.1. The number of hydrogen-bond acceptors (Lipinski definition) is 16. The number of nitrogens with two attached hydrogens (primary N) is 1. The maximum absolute atomic E-state index is 14.5. The number of allylic oxidation sites excluding steroid dienone is 3. The molecule has 3 aliphatic heterocycles. The number of Topliss-reactive ketones (excluding diaryl/α,β-unsaturated/α-hetero) is 2. The van der Waals surface area contributed by atoms with Crippen LogP contribution in [-0.4, -0.2) is 136 Å². The van der Waals surface area contributed by atoms with Crippen LogP contribution in [0.5, 0.6) is 11.5 Å². The van der Waals surface area contributed by atoms with Crippen molar-refractivity contribution in [2.45, 2.75) is 173 Å². The van der Waals surface area contributed by atoms with Gasteiger partial charge in [-0.25, -0.2) is 9.59 Å². The number of primary amides is 1. The molecule has 6 rings (SSSR count). The largest absolute Gasteiger partial charge is 0.496 e. The van der Waals surface area contributed by atoms with E-state index in [-0.39, 0.29) is 97.3 Å². The number of esters is 2. The molecule has 2 aromatic rings. The van der Waals surface area contributed by atoms with Crippen LogP contribution in [0, 0.1) is 23.7 Å². The Balaban J connectivity index is 1.17. The molecule has 456 valence electrons. The summed E-state index contributed by atoms with van der Waals surface area (Å²) in [5.41, 5.74) is 4.96. The predicted molar refractivity (Wildman–Crippen MR) is 309 cm³/mol. The highest BCUT2D eigenvalue weighted by molar-refractivity contribution is 6.35. The number of epoxide rings is 1. The maximum atomic E-state index is 14.5. The molecule has 2 saturated heterocycles. The fraction of sp³-hybridized carbons (Fsp3) is 0.607.